The molecule has 1 aliphatic heterocycles. The fraction of sp³-hybridized carbons (Fsp3) is 0.526. The lowest BCUT2D eigenvalue weighted by molar-refractivity contribution is -0.124. The third-order valence-corrected chi connectivity index (χ3v) is 5.80. The minimum absolute atomic E-state index is 0.0404. The summed E-state index contributed by atoms with van der Waals surface area (Å²) in [5.41, 5.74) is -0.0637. The minimum atomic E-state index is -0.473. The Labute approximate surface area is 166 Å². The van der Waals surface area contributed by atoms with Crippen LogP contribution in [-0.4, -0.2) is 35.4 Å². The maximum Gasteiger partial charge on any atom is 0.242 e. The summed E-state index contributed by atoms with van der Waals surface area (Å²) in [5.74, 6) is -0.551. The van der Waals surface area contributed by atoms with Gasteiger partial charge in [-0.15, -0.1) is 6.58 Å². The van der Waals surface area contributed by atoms with Gasteiger partial charge in [-0.05, 0) is 41.6 Å². The lowest BCUT2D eigenvalue weighted by atomic mass is 9.98. The average molecular weight is 439 g/mol. The van der Waals surface area contributed by atoms with E-state index < -0.39 is 5.82 Å². The summed E-state index contributed by atoms with van der Waals surface area (Å²) in [4.78, 5) is 28.7. The van der Waals surface area contributed by atoms with Gasteiger partial charge in [0.1, 0.15) is 16.2 Å². The van der Waals surface area contributed by atoms with E-state index in [-0.39, 0.29) is 41.0 Å². The molecule has 1 unspecified atom stereocenters. The molecule has 1 aromatic rings. The van der Waals surface area contributed by atoms with Gasteiger partial charge in [0.2, 0.25) is 11.8 Å². The van der Waals surface area contributed by atoms with E-state index in [1.165, 1.54) is 12.1 Å². The number of pyridine rings is 1. The summed E-state index contributed by atoms with van der Waals surface area (Å²) in [6.45, 7) is 6.15. The molecule has 0 aromatic carbocycles. The van der Waals surface area contributed by atoms with Crippen molar-refractivity contribution in [3.63, 3.8) is 0 Å². The summed E-state index contributed by atoms with van der Waals surface area (Å²) in [6.07, 6.45) is 5.00. The van der Waals surface area contributed by atoms with E-state index in [2.05, 4.69) is 43.4 Å². The molecule has 2 amide bonds. The van der Waals surface area contributed by atoms with E-state index in [0.717, 1.165) is 19.3 Å². The number of halogens is 2. The molecule has 1 saturated heterocycles. The van der Waals surface area contributed by atoms with Crippen molar-refractivity contribution >= 4 is 33.6 Å². The van der Waals surface area contributed by atoms with Crippen LogP contribution in [0.25, 0.3) is 0 Å². The zero-order valence-electron chi connectivity index (χ0n) is 15.2. The molecule has 0 bridgehead atoms. The van der Waals surface area contributed by atoms with Crippen LogP contribution in [0.5, 0.6) is 0 Å². The quantitative estimate of drug-likeness (QED) is 0.430. The fourth-order valence-electron chi connectivity index (χ4n) is 3.63. The lowest BCUT2D eigenvalue weighted by Crippen LogP contribution is -2.38. The van der Waals surface area contributed by atoms with E-state index in [1.54, 1.807) is 0 Å². The second kappa shape index (κ2) is 8.06. The van der Waals surface area contributed by atoms with Crippen molar-refractivity contribution in [2.24, 2.45) is 11.3 Å². The Morgan fingerprint density at radius 1 is 1.52 bits per heavy atom. The number of fused-ring (bicyclic) bond motifs is 1. The Balaban J connectivity index is 1.50. The van der Waals surface area contributed by atoms with Crippen LogP contribution < -0.4 is 16.0 Å². The van der Waals surface area contributed by atoms with Gasteiger partial charge in [-0.1, -0.05) is 13.0 Å². The third kappa shape index (κ3) is 4.73. The number of nitrogens with one attached hydrogen (secondary N) is 3. The molecular formula is C19H24BrFN4O2. The van der Waals surface area contributed by atoms with Crippen molar-refractivity contribution in [3.8, 4) is 0 Å². The second-order valence-electron chi connectivity index (χ2n) is 7.51. The van der Waals surface area contributed by atoms with Crippen LogP contribution in [0.3, 0.4) is 0 Å². The molecule has 27 heavy (non-hydrogen) atoms. The van der Waals surface area contributed by atoms with Crippen molar-refractivity contribution < 1.29 is 14.0 Å². The topological polar surface area (TPSA) is 83.1 Å². The number of anilines is 1. The van der Waals surface area contributed by atoms with Crippen molar-refractivity contribution in [2.75, 3.05) is 11.9 Å². The molecule has 2 fully saturated rings. The monoisotopic (exact) mass is 438 g/mol. The molecular weight excluding hydrogens is 415 g/mol. The fourth-order valence-corrected chi connectivity index (χ4v) is 4.04. The Kier molecular flexibility index (Phi) is 5.95. The van der Waals surface area contributed by atoms with Crippen molar-refractivity contribution in [1.29, 1.82) is 0 Å². The van der Waals surface area contributed by atoms with Gasteiger partial charge in [0.25, 0.3) is 0 Å². The minimum Gasteiger partial charge on any atom is -0.355 e. The predicted octanol–water partition coefficient (Wildman–Crippen LogP) is 2.76. The molecule has 146 valence electrons. The highest BCUT2D eigenvalue weighted by Crippen LogP contribution is 2.54. The first kappa shape index (κ1) is 19.9. The van der Waals surface area contributed by atoms with Gasteiger partial charge >= 0.3 is 0 Å². The Morgan fingerprint density at radius 3 is 3.00 bits per heavy atom. The maximum atomic E-state index is 13.4. The normalized spacial score (nSPS) is 26.8. The highest BCUT2D eigenvalue weighted by atomic mass is 79.9. The number of nitrogens with zero attached hydrogens (tertiary/aromatic N) is 1. The van der Waals surface area contributed by atoms with Crippen molar-refractivity contribution in [1.82, 2.24) is 15.6 Å². The van der Waals surface area contributed by atoms with Crippen LogP contribution in [0, 0.1) is 17.2 Å². The first-order valence-corrected chi connectivity index (χ1v) is 9.91. The number of amides is 2. The maximum absolute atomic E-state index is 13.4. The van der Waals surface area contributed by atoms with Gasteiger partial charge in [-0.2, -0.15) is 0 Å². The summed E-state index contributed by atoms with van der Waals surface area (Å²) in [6, 6.07) is 2.26. The van der Waals surface area contributed by atoms with Crippen LogP contribution in [0.15, 0.2) is 29.4 Å². The predicted molar refractivity (Wildman–Crippen MR) is 105 cm³/mol. The summed E-state index contributed by atoms with van der Waals surface area (Å²) < 4.78 is 13.7. The number of carbonyl (C=O) groups excluding carboxylic acids is 2. The Bertz CT molecular complexity index is 739. The standard InChI is InChI=1S/C19H24BrFN4O2/c1-3-4-5-11(2)17(26)22-10-19-8-13(23-14(19)9-19)18(27)25-16-7-12(21)6-15(20)24-16/h3,6-7,11,13-14,23H,1,4-5,8-10H2,2H3,(H,22,26)(H,24,25,27)/t11?,13-,14+,19-/m0/s1. The van der Waals surface area contributed by atoms with E-state index in [9.17, 15) is 14.0 Å². The number of hydrogen-bond donors (Lipinski definition) is 3. The van der Waals surface area contributed by atoms with E-state index in [0.29, 0.717) is 17.6 Å². The van der Waals surface area contributed by atoms with E-state index >= 15 is 0 Å². The smallest absolute Gasteiger partial charge is 0.242 e. The highest BCUT2D eigenvalue weighted by Gasteiger charge is 2.61. The number of allylic oxidation sites excluding steroid dienone is 1. The van der Waals surface area contributed by atoms with Crippen molar-refractivity contribution in [3.05, 3.63) is 35.2 Å². The van der Waals surface area contributed by atoms with Crippen LogP contribution in [0.2, 0.25) is 0 Å². The largest absolute Gasteiger partial charge is 0.355 e. The first-order chi connectivity index (χ1) is 12.8. The van der Waals surface area contributed by atoms with Gasteiger partial charge < -0.3 is 16.0 Å². The molecule has 1 saturated carbocycles. The molecule has 8 heteroatoms. The number of aromatic nitrogens is 1. The number of piperidine rings is 1. The van der Waals surface area contributed by atoms with Gasteiger partial charge in [-0.3, -0.25) is 9.59 Å². The summed E-state index contributed by atoms with van der Waals surface area (Å²) in [5, 5.41) is 8.97. The highest BCUT2D eigenvalue weighted by molar-refractivity contribution is 9.10. The van der Waals surface area contributed by atoms with Gasteiger partial charge in [0.15, 0.2) is 0 Å². The van der Waals surface area contributed by atoms with E-state index in [4.69, 9.17) is 0 Å². The lowest BCUT2D eigenvalue weighted by Gasteiger charge is -2.18. The molecule has 4 atom stereocenters. The number of carbonyl (C=O) groups is 2. The number of rotatable bonds is 8. The van der Waals surface area contributed by atoms with Crippen LogP contribution in [-0.2, 0) is 9.59 Å². The average Bonchev–Trinajstić information content (AvgIpc) is 3.16. The van der Waals surface area contributed by atoms with Crippen LogP contribution >= 0.6 is 15.9 Å². The summed E-state index contributed by atoms with van der Waals surface area (Å²) >= 11 is 3.11. The summed E-state index contributed by atoms with van der Waals surface area (Å²) in [7, 11) is 0. The first-order valence-electron chi connectivity index (χ1n) is 9.11. The molecule has 1 aromatic heterocycles. The third-order valence-electron chi connectivity index (χ3n) is 5.40. The zero-order chi connectivity index (χ0) is 19.6. The van der Waals surface area contributed by atoms with Crippen LogP contribution in [0.4, 0.5) is 10.2 Å². The van der Waals surface area contributed by atoms with Crippen molar-refractivity contribution in [2.45, 2.75) is 44.7 Å². The Morgan fingerprint density at radius 2 is 2.30 bits per heavy atom. The van der Waals surface area contributed by atoms with Gasteiger partial charge in [0.05, 0.1) is 6.04 Å². The van der Waals surface area contributed by atoms with Crippen LogP contribution in [0.1, 0.15) is 32.6 Å². The molecule has 3 N–H and O–H groups in total. The Hall–Kier alpha value is -1.80. The molecule has 1 aliphatic carbocycles. The molecule has 3 rings (SSSR count). The van der Waals surface area contributed by atoms with Gasteiger partial charge in [-0.25, -0.2) is 9.37 Å². The molecule has 0 spiro atoms. The SMILES string of the molecule is C=CCCC(C)C(=O)NC[C@@]12C[C@@H](C(=O)Nc3cc(F)cc(Br)n3)N[C@@H]1C2. The second-order valence-corrected chi connectivity index (χ2v) is 8.32. The number of hydrogen-bond acceptors (Lipinski definition) is 4. The molecule has 2 aliphatic rings. The van der Waals surface area contributed by atoms with E-state index in [1.807, 2.05) is 13.0 Å². The zero-order valence-corrected chi connectivity index (χ0v) is 16.8. The molecule has 0 radical (unpaired) electrons. The molecule has 6 nitrogen and oxygen atoms in total. The molecule has 2 heterocycles. The van der Waals surface area contributed by atoms with Gasteiger partial charge in [0, 0.05) is 36.1 Å².